The molecular weight excluding hydrogens is 556 g/mol. The van der Waals surface area contributed by atoms with Gasteiger partial charge in [-0.05, 0) is 67.9 Å². The van der Waals surface area contributed by atoms with Gasteiger partial charge < -0.3 is 26.2 Å². The van der Waals surface area contributed by atoms with Crippen LogP contribution in [0.25, 0.3) is 11.3 Å². The minimum atomic E-state index is -5.30. The fourth-order valence-corrected chi connectivity index (χ4v) is 3.87. The number of rotatable bonds is 8. The molecule has 13 heteroatoms. The molecule has 5 N–H and O–H groups in total. The monoisotopic (exact) mass is 582 g/mol. The molecule has 1 heterocycles. The molecule has 3 rings (SSSR count). The van der Waals surface area contributed by atoms with Crippen molar-refractivity contribution in [2.24, 2.45) is 5.73 Å². The number of hydrogen-bond acceptors (Lipinski definition) is 6. The molecule has 0 unspecified atom stereocenters. The number of amides is 2. The normalized spacial score (nSPS) is 13.4. The maximum atomic E-state index is 14.4. The van der Waals surface area contributed by atoms with E-state index in [-0.39, 0.29) is 38.8 Å². The maximum absolute atomic E-state index is 14.4. The van der Waals surface area contributed by atoms with Crippen LogP contribution in [0, 0.1) is 5.82 Å². The van der Waals surface area contributed by atoms with E-state index in [4.69, 9.17) is 22.1 Å². The van der Waals surface area contributed by atoms with Crippen molar-refractivity contribution in [1.29, 1.82) is 0 Å². The van der Waals surface area contributed by atoms with E-state index in [0.717, 1.165) is 12.1 Å². The number of alkyl halides is 3. The van der Waals surface area contributed by atoms with Crippen LogP contribution in [-0.4, -0.2) is 41.7 Å². The molecule has 0 aliphatic rings. The first-order valence-corrected chi connectivity index (χ1v) is 12.1. The van der Waals surface area contributed by atoms with E-state index in [9.17, 15) is 32.3 Å². The summed E-state index contributed by atoms with van der Waals surface area (Å²) in [5, 5.41) is 15.3. The summed E-state index contributed by atoms with van der Waals surface area (Å²) >= 11 is 5.86. The molecule has 2 aromatic carbocycles. The lowest BCUT2D eigenvalue weighted by molar-refractivity contribution is -0.265. The second kappa shape index (κ2) is 11.4. The van der Waals surface area contributed by atoms with Crippen molar-refractivity contribution in [2.75, 3.05) is 19.0 Å². The number of nitrogens with one attached hydrogen (secondary N) is 2. The Labute approximate surface area is 232 Å². The molecule has 1 aromatic heterocycles. The highest BCUT2D eigenvalue weighted by molar-refractivity contribution is 6.31. The van der Waals surface area contributed by atoms with Crippen LogP contribution in [0.15, 0.2) is 48.5 Å². The summed E-state index contributed by atoms with van der Waals surface area (Å²) in [6.45, 7) is 3.04. The molecule has 0 aliphatic heterocycles. The number of pyridine rings is 1. The first-order chi connectivity index (χ1) is 18.5. The number of carbonyl (C=O) groups is 2. The van der Waals surface area contributed by atoms with E-state index in [1.165, 1.54) is 50.4 Å². The quantitative estimate of drug-likeness (QED) is 0.280. The van der Waals surface area contributed by atoms with Gasteiger partial charge in [-0.3, -0.25) is 9.59 Å². The van der Waals surface area contributed by atoms with Gasteiger partial charge >= 0.3 is 6.18 Å². The number of nitrogens with two attached hydrogens (primary N) is 1. The fourth-order valence-electron chi connectivity index (χ4n) is 3.69. The van der Waals surface area contributed by atoms with Crippen molar-refractivity contribution >= 4 is 29.1 Å². The van der Waals surface area contributed by atoms with Crippen LogP contribution in [0.4, 0.5) is 23.2 Å². The van der Waals surface area contributed by atoms with Gasteiger partial charge in [0.2, 0.25) is 11.5 Å². The number of benzene rings is 2. The second-order valence-corrected chi connectivity index (χ2v) is 10.0. The molecule has 0 saturated carbocycles. The van der Waals surface area contributed by atoms with Gasteiger partial charge in [0.1, 0.15) is 11.6 Å². The molecule has 40 heavy (non-hydrogen) atoms. The first kappa shape index (κ1) is 30.8. The summed E-state index contributed by atoms with van der Waals surface area (Å²) < 4.78 is 62.1. The Hall–Kier alpha value is -3.74. The summed E-state index contributed by atoms with van der Waals surface area (Å²) in [5.74, 6) is -2.01. The second-order valence-electron chi connectivity index (χ2n) is 9.61. The van der Waals surface area contributed by atoms with Gasteiger partial charge in [0.05, 0.1) is 35.8 Å². The van der Waals surface area contributed by atoms with Gasteiger partial charge in [-0.25, -0.2) is 9.37 Å². The fraction of sp³-hybridized carbons (Fsp3) is 0.296. The van der Waals surface area contributed by atoms with Gasteiger partial charge in [-0.1, -0.05) is 11.6 Å². The SMILES string of the molecule is COc1cc(C(=O)NC[C@](O)(c2cc(C(C)(C)N)cc(-c3ccc(F)c(Cl)c3)n2)C(F)(F)F)ccc1NC(C)=O. The number of aliphatic hydroxyl groups is 1. The minimum Gasteiger partial charge on any atom is -0.495 e. The molecule has 0 aliphatic carbocycles. The maximum Gasteiger partial charge on any atom is 0.424 e. The number of methoxy groups -OCH3 is 1. The molecule has 0 spiro atoms. The number of anilines is 1. The van der Waals surface area contributed by atoms with Crippen LogP contribution in [-0.2, 0) is 15.9 Å². The highest BCUT2D eigenvalue weighted by atomic mass is 35.5. The third-order valence-corrected chi connectivity index (χ3v) is 6.25. The molecule has 1 atom stereocenters. The Morgan fingerprint density at radius 3 is 2.33 bits per heavy atom. The van der Waals surface area contributed by atoms with Crippen molar-refractivity contribution in [3.05, 3.63) is 76.2 Å². The highest BCUT2D eigenvalue weighted by Crippen LogP contribution is 2.40. The minimum absolute atomic E-state index is 0.0553. The van der Waals surface area contributed by atoms with E-state index in [0.29, 0.717) is 0 Å². The summed E-state index contributed by atoms with van der Waals surface area (Å²) in [6, 6.07) is 9.72. The average Bonchev–Trinajstić information content (AvgIpc) is 2.87. The lowest BCUT2D eigenvalue weighted by atomic mass is 9.89. The van der Waals surface area contributed by atoms with Crippen molar-refractivity contribution < 1.29 is 37.0 Å². The average molecular weight is 583 g/mol. The number of ether oxygens (including phenoxy) is 1. The van der Waals surface area contributed by atoms with Crippen molar-refractivity contribution in [2.45, 2.75) is 38.1 Å². The first-order valence-electron chi connectivity index (χ1n) is 11.8. The summed E-state index contributed by atoms with van der Waals surface area (Å²) in [4.78, 5) is 28.2. The predicted molar refractivity (Wildman–Crippen MR) is 141 cm³/mol. The molecule has 0 radical (unpaired) electrons. The topological polar surface area (TPSA) is 127 Å². The van der Waals surface area contributed by atoms with Crippen molar-refractivity contribution in [3.8, 4) is 17.0 Å². The van der Waals surface area contributed by atoms with E-state index >= 15 is 0 Å². The van der Waals surface area contributed by atoms with E-state index < -0.39 is 47.2 Å². The number of nitrogens with zero attached hydrogens (tertiary/aromatic N) is 1. The molecule has 8 nitrogen and oxygen atoms in total. The lowest BCUT2D eigenvalue weighted by Gasteiger charge is -2.32. The van der Waals surface area contributed by atoms with Crippen LogP contribution in [0.5, 0.6) is 5.75 Å². The van der Waals surface area contributed by atoms with Gasteiger partial charge in [0.15, 0.2) is 0 Å². The third-order valence-electron chi connectivity index (χ3n) is 5.96. The standard InChI is InChI=1S/C27H27ClF4N4O4/c1-14(37)35-20-8-6-16(10-22(20)40-4)24(38)34-13-26(39,27(30,31)32)23-12-17(25(2,3)33)11-21(36-23)15-5-7-19(29)18(28)9-15/h5-12,39H,13,33H2,1-4H3,(H,34,38)(H,35,37)/t26-/m0/s1. The molecule has 0 fully saturated rings. The smallest absolute Gasteiger partial charge is 0.424 e. The molecule has 3 aromatic rings. The molecule has 214 valence electrons. The Morgan fingerprint density at radius 1 is 1.10 bits per heavy atom. The van der Waals surface area contributed by atoms with Crippen LogP contribution >= 0.6 is 11.6 Å². The Kier molecular flexibility index (Phi) is 8.77. The third kappa shape index (κ3) is 6.69. The molecule has 0 saturated heterocycles. The zero-order valence-electron chi connectivity index (χ0n) is 21.9. The lowest BCUT2D eigenvalue weighted by Crippen LogP contribution is -2.51. The number of halogens is 5. The van der Waals surface area contributed by atoms with Crippen LogP contribution in [0.3, 0.4) is 0 Å². The van der Waals surface area contributed by atoms with Crippen LogP contribution in [0.2, 0.25) is 5.02 Å². The molecule has 2 amide bonds. The molecular formula is C27H27ClF4N4O4. The van der Waals surface area contributed by atoms with E-state index in [2.05, 4.69) is 15.6 Å². The zero-order valence-corrected chi connectivity index (χ0v) is 22.7. The van der Waals surface area contributed by atoms with Crippen LogP contribution in [0.1, 0.15) is 42.4 Å². The van der Waals surface area contributed by atoms with Gasteiger partial charge in [0, 0.05) is 23.6 Å². The van der Waals surface area contributed by atoms with Crippen LogP contribution < -0.4 is 21.1 Å². The van der Waals surface area contributed by atoms with Crippen molar-refractivity contribution in [1.82, 2.24) is 10.3 Å². The van der Waals surface area contributed by atoms with Gasteiger partial charge in [0.25, 0.3) is 5.91 Å². The summed E-state index contributed by atoms with van der Waals surface area (Å²) in [6.07, 6.45) is -5.30. The Balaban J connectivity index is 2.04. The predicted octanol–water partition coefficient (Wildman–Crippen LogP) is 4.88. The highest BCUT2D eigenvalue weighted by Gasteiger charge is 2.56. The van der Waals surface area contributed by atoms with E-state index in [1.54, 1.807) is 13.8 Å². The van der Waals surface area contributed by atoms with Gasteiger partial charge in [-0.2, -0.15) is 13.2 Å². The zero-order chi connectivity index (χ0) is 30.0. The van der Waals surface area contributed by atoms with E-state index in [1.807, 2.05) is 0 Å². The number of aromatic nitrogens is 1. The summed E-state index contributed by atoms with van der Waals surface area (Å²) in [5.41, 5.74) is 0.958. The van der Waals surface area contributed by atoms with Gasteiger partial charge in [-0.15, -0.1) is 0 Å². The van der Waals surface area contributed by atoms with Crippen molar-refractivity contribution in [3.63, 3.8) is 0 Å². The molecule has 0 bridgehead atoms. The summed E-state index contributed by atoms with van der Waals surface area (Å²) in [7, 11) is 1.29. The number of carbonyl (C=O) groups excluding carboxylic acids is 2. The Morgan fingerprint density at radius 2 is 1.77 bits per heavy atom. The number of hydrogen-bond donors (Lipinski definition) is 4. The Bertz CT molecular complexity index is 1440. The largest absolute Gasteiger partial charge is 0.495 e.